The van der Waals surface area contributed by atoms with E-state index in [-0.39, 0.29) is 5.76 Å². The first-order valence-corrected chi connectivity index (χ1v) is 8.50. The van der Waals surface area contributed by atoms with E-state index in [1.807, 2.05) is 0 Å². The minimum Gasteiger partial charge on any atom is -0.508 e. The number of aliphatic hydroxyl groups excluding tert-OH is 2. The molecule has 3 rings (SSSR count). The second kappa shape index (κ2) is 6.87. The average Bonchev–Trinajstić information content (AvgIpc) is 3.12. The molecule has 7 atom stereocenters. The highest BCUT2D eigenvalue weighted by Crippen LogP contribution is 2.55. The molecule has 3 aliphatic rings. The van der Waals surface area contributed by atoms with Gasteiger partial charge in [-0.05, 0) is 50.9 Å². The van der Waals surface area contributed by atoms with Crippen molar-refractivity contribution >= 4 is 0 Å². The van der Waals surface area contributed by atoms with Crippen molar-refractivity contribution in [3.63, 3.8) is 0 Å². The molecule has 22 heavy (non-hydrogen) atoms. The van der Waals surface area contributed by atoms with Crippen LogP contribution in [-0.4, -0.2) is 48.0 Å². The van der Waals surface area contributed by atoms with Crippen molar-refractivity contribution in [2.24, 2.45) is 17.8 Å². The Morgan fingerprint density at radius 1 is 1.23 bits per heavy atom. The van der Waals surface area contributed by atoms with E-state index in [9.17, 15) is 5.11 Å². The highest BCUT2D eigenvalue weighted by atomic mass is 16.6. The number of ether oxygens (including phenoxy) is 3. The highest BCUT2D eigenvalue weighted by Gasteiger charge is 2.56. The summed E-state index contributed by atoms with van der Waals surface area (Å²) in [7, 11) is 0. The van der Waals surface area contributed by atoms with Gasteiger partial charge in [0.25, 0.3) is 0 Å². The summed E-state index contributed by atoms with van der Waals surface area (Å²) in [6.07, 6.45) is 5.34. The molecular formula is C17H28O5. The van der Waals surface area contributed by atoms with E-state index < -0.39 is 6.29 Å². The van der Waals surface area contributed by atoms with Gasteiger partial charge in [0.1, 0.15) is 5.76 Å². The van der Waals surface area contributed by atoms with Crippen LogP contribution in [0.25, 0.3) is 0 Å². The van der Waals surface area contributed by atoms with E-state index in [4.69, 9.17) is 19.3 Å². The average molecular weight is 312 g/mol. The van der Waals surface area contributed by atoms with E-state index in [1.165, 1.54) is 19.3 Å². The van der Waals surface area contributed by atoms with Gasteiger partial charge in [0, 0.05) is 12.5 Å². The topological polar surface area (TPSA) is 68.2 Å². The first-order chi connectivity index (χ1) is 10.6. The van der Waals surface area contributed by atoms with Crippen molar-refractivity contribution in [1.29, 1.82) is 0 Å². The van der Waals surface area contributed by atoms with Gasteiger partial charge in [0.05, 0.1) is 24.9 Å². The number of aliphatic hydroxyl groups is 2. The maximum absolute atomic E-state index is 9.22. The molecule has 3 fully saturated rings. The molecule has 6 unspecified atom stereocenters. The summed E-state index contributed by atoms with van der Waals surface area (Å²) >= 11 is 0. The quantitative estimate of drug-likeness (QED) is 0.409. The van der Waals surface area contributed by atoms with Gasteiger partial charge in [-0.2, -0.15) is 0 Å². The van der Waals surface area contributed by atoms with Crippen molar-refractivity contribution in [3.8, 4) is 0 Å². The first kappa shape index (κ1) is 16.2. The van der Waals surface area contributed by atoms with Gasteiger partial charge in [0.2, 0.25) is 6.29 Å². The van der Waals surface area contributed by atoms with Crippen LogP contribution in [0.5, 0.6) is 0 Å². The Balaban J connectivity index is 1.30. The normalized spacial score (nSPS) is 40.8. The molecule has 5 nitrogen and oxygen atoms in total. The molecule has 2 saturated carbocycles. The number of unbranched alkanes of at least 4 members (excludes halogenated alkanes) is 1. The van der Waals surface area contributed by atoms with Crippen LogP contribution in [0.15, 0.2) is 12.3 Å². The number of rotatable bonds is 8. The Morgan fingerprint density at radius 3 is 2.77 bits per heavy atom. The highest BCUT2D eigenvalue weighted by molar-refractivity contribution is 5.05. The van der Waals surface area contributed by atoms with Gasteiger partial charge >= 0.3 is 0 Å². The molecule has 1 aliphatic heterocycles. The maximum Gasteiger partial charge on any atom is 0.213 e. The van der Waals surface area contributed by atoms with E-state index in [0.717, 1.165) is 31.3 Å². The van der Waals surface area contributed by atoms with Crippen LogP contribution in [0.4, 0.5) is 0 Å². The molecule has 0 aromatic carbocycles. The Bertz CT molecular complexity index is 399. The van der Waals surface area contributed by atoms with E-state index in [1.54, 1.807) is 0 Å². The zero-order valence-corrected chi connectivity index (χ0v) is 13.3. The molecule has 2 bridgehead atoms. The third-order valence-electron chi connectivity index (χ3n) is 5.46. The van der Waals surface area contributed by atoms with Crippen LogP contribution in [0, 0.1) is 17.8 Å². The van der Waals surface area contributed by atoms with Crippen LogP contribution in [0.3, 0.4) is 0 Å². The van der Waals surface area contributed by atoms with Crippen molar-refractivity contribution in [3.05, 3.63) is 12.3 Å². The van der Waals surface area contributed by atoms with Gasteiger partial charge in [-0.25, -0.2) is 0 Å². The van der Waals surface area contributed by atoms with Crippen LogP contribution in [0.2, 0.25) is 0 Å². The fourth-order valence-electron chi connectivity index (χ4n) is 4.51. The zero-order chi connectivity index (χ0) is 15.7. The second-order valence-corrected chi connectivity index (χ2v) is 7.04. The largest absolute Gasteiger partial charge is 0.508 e. The van der Waals surface area contributed by atoms with Gasteiger partial charge in [-0.15, -0.1) is 0 Å². The molecule has 1 saturated heterocycles. The molecule has 5 heteroatoms. The molecule has 126 valence electrons. The molecule has 0 aromatic rings. The fraction of sp³-hybridized carbons (Fsp3) is 0.882. The molecule has 0 aromatic heterocycles. The summed E-state index contributed by atoms with van der Waals surface area (Å²) in [5, 5.41) is 18.1. The standard InChI is InChI=1S/C17H28O5/c1-10-7-13-12-8-14(16(13)22-10)15(9-12)20-5-3-4-6-21-17(19)11(2)18/h10,12-19H,2-9H2,1H3/t10?,12?,13?,14?,15?,16-,17?/m1/s1. The number of hydrogen-bond acceptors (Lipinski definition) is 5. The van der Waals surface area contributed by atoms with Crippen molar-refractivity contribution < 1.29 is 24.4 Å². The lowest BCUT2D eigenvalue weighted by Gasteiger charge is -2.30. The Kier molecular flexibility index (Phi) is 5.07. The smallest absolute Gasteiger partial charge is 0.213 e. The van der Waals surface area contributed by atoms with Crippen LogP contribution in [-0.2, 0) is 14.2 Å². The lowest BCUT2D eigenvalue weighted by Crippen LogP contribution is -2.35. The Morgan fingerprint density at radius 2 is 2.00 bits per heavy atom. The van der Waals surface area contributed by atoms with E-state index in [2.05, 4.69) is 13.5 Å². The van der Waals surface area contributed by atoms with Crippen LogP contribution in [0.1, 0.15) is 39.0 Å². The van der Waals surface area contributed by atoms with Crippen molar-refractivity contribution in [1.82, 2.24) is 0 Å². The minimum absolute atomic E-state index is 0.349. The summed E-state index contributed by atoms with van der Waals surface area (Å²) in [6.45, 7) is 6.52. The summed E-state index contributed by atoms with van der Waals surface area (Å²) in [4.78, 5) is 0. The fourth-order valence-corrected chi connectivity index (χ4v) is 4.51. The molecule has 2 aliphatic carbocycles. The van der Waals surface area contributed by atoms with Crippen LogP contribution >= 0.6 is 0 Å². The van der Waals surface area contributed by atoms with Gasteiger partial charge in [0.15, 0.2) is 0 Å². The molecule has 0 spiro atoms. The Hall–Kier alpha value is -0.620. The summed E-state index contributed by atoms with van der Waals surface area (Å²) in [6, 6.07) is 0. The summed E-state index contributed by atoms with van der Waals surface area (Å²) in [5.74, 6) is 1.83. The number of fused-ring (bicyclic) bond motifs is 5. The molecule has 0 amide bonds. The monoisotopic (exact) mass is 312 g/mol. The van der Waals surface area contributed by atoms with Gasteiger partial charge in [-0.1, -0.05) is 6.58 Å². The predicted molar refractivity (Wildman–Crippen MR) is 81.4 cm³/mol. The zero-order valence-electron chi connectivity index (χ0n) is 13.3. The predicted octanol–water partition coefficient (Wildman–Crippen LogP) is 2.39. The summed E-state index contributed by atoms with van der Waals surface area (Å²) in [5.41, 5.74) is 0. The molecule has 1 heterocycles. The third kappa shape index (κ3) is 3.32. The SMILES string of the molecule is C=C(O)C(O)OCCCCOC1CC2CC1[C@@H]1OC(C)CC21. The lowest BCUT2D eigenvalue weighted by atomic mass is 9.84. The third-order valence-corrected chi connectivity index (χ3v) is 5.46. The van der Waals surface area contributed by atoms with Crippen molar-refractivity contribution in [2.75, 3.05) is 13.2 Å². The Labute approximate surface area is 132 Å². The second-order valence-electron chi connectivity index (χ2n) is 7.04. The number of hydrogen-bond donors (Lipinski definition) is 2. The first-order valence-electron chi connectivity index (χ1n) is 8.50. The minimum atomic E-state index is -1.27. The molecular weight excluding hydrogens is 284 g/mol. The molecule has 0 radical (unpaired) electrons. The van der Waals surface area contributed by atoms with E-state index >= 15 is 0 Å². The van der Waals surface area contributed by atoms with Crippen molar-refractivity contribution in [2.45, 2.75) is 63.6 Å². The maximum atomic E-state index is 9.22. The lowest BCUT2D eigenvalue weighted by molar-refractivity contribution is -0.0965. The summed E-state index contributed by atoms with van der Waals surface area (Å²) < 4.78 is 17.2. The van der Waals surface area contributed by atoms with Crippen LogP contribution < -0.4 is 0 Å². The van der Waals surface area contributed by atoms with Gasteiger partial charge < -0.3 is 24.4 Å². The van der Waals surface area contributed by atoms with E-state index in [0.29, 0.717) is 30.8 Å². The molecule has 2 N–H and O–H groups in total. The van der Waals surface area contributed by atoms with Gasteiger partial charge in [-0.3, -0.25) is 0 Å².